The summed E-state index contributed by atoms with van der Waals surface area (Å²) in [6.07, 6.45) is 0. The monoisotopic (exact) mass is 381 g/mol. The number of ketones is 1. The van der Waals surface area contributed by atoms with Crippen molar-refractivity contribution in [3.05, 3.63) is 64.7 Å². The summed E-state index contributed by atoms with van der Waals surface area (Å²) in [6.45, 7) is -0.453. The predicted octanol–water partition coefficient (Wildman–Crippen LogP) is 2.63. The van der Waals surface area contributed by atoms with Gasteiger partial charge in [0.15, 0.2) is 12.4 Å². The van der Waals surface area contributed by atoms with Crippen LogP contribution in [0, 0.1) is 0 Å². The number of hydrogen-bond donors (Lipinski definition) is 0. The van der Waals surface area contributed by atoms with Crippen molar-refractivity contribution in [3.8, 4) is 0 Å². The third-order valence-electron chi connectivity index (χ3n) is 3.35. The first-order chi connectivity index (χ1) is 11.7. The second-order valence-electron chi connectivity index (χ2n) is 5.32. The van der Waals surface area contributed by atoms with Crippen LogP contribution in [0.2, 0.25) is 5.02 Å². The summed E-state index contributed by atoms with van der Waals surface area (Å²) in [5.41, 5.74) is 0.410. The molecule has 0 saturated carbocycles. The number of sulfonamides is 1. The van der Waals surface area contributed by atoms with Crippen LogP contribution in [-0.2, 0) is 14.8 Å². The second-order valence-corrected chi connectivity index (χ2v) is 7.91. The van der Waals surface area contributed by atoms with E-state index in [-0.39, 0.29) is 16.2 Å². The van der Waals surface area contributed by atoms with Crippen molar-refractivity contribution in [2.75, 3.05) is 20.7 Å². The van der Waals surface area contributed by atoms with Crippen LogP contribution in [0.25, 0.3) is 0 Å². The number of halogens is 1. The molecule has 25 heavy (non-hydrogen) atoms. The van der Waals surface area contributed by atoms with Gasteiger partial charge in [0.1, 0.15) is 0 Å². The molecule has 0 N–H and O–H groups in total. The Morgan fingerprint density at radius 1 is 1.04 bits per heavy atom. The Bertz CT molecular complexity index is 892. The Kier molecular flexibility index (Phi) is 5.94. The van der Waals surface area contributed by atoms with Gasteiger partial charge >= 0.3 is 5.97 Å². The van der Waals surface area contributed by atoms with Crippen molar-refractivity contribution in [1.29, 1.82) is 0 Å². The van der Waals surface area contributed by atoms with Crippen molar-refractivity contribution in [2.24, 2.45) is 0 Å². The van der Waals surface area contributed by atoms with E-state index in [1.54, 1.807) is 12.1 Å². The predicted molar refractivity (Wildman–Crippen MR) is 93.4 cm³/mol. The molecular formula is C17H16ClNO5S. The van der Waals surface area contributed by atoms with Gasteiger partial charge in [0.05, 0.1) is 10.5 Å². The summed E-state index contributed by atoms with van der Waals surface area (Å²) >= 11 is 5.75. The zero-order chi connectivity index (χ0) is 18.6. The number of nitrogens with zero attached hydrogens (tertiary/aromatic N) is 1. The highest BCUT2D eigenvalue weighted by Gasteiger charge is 2.19. The molecule has 0 spiro atoms. The van der Waals surface area contributed by atoms with Gasteiger partial charge in [-0.2, -0.15) is 0 Å². The van der Waals surface area contributed by atoms with Gasteiger partial charge in [-0.05, 0) is 42.5 Å². The third-order valence-corrected chi connectivity index (χ3v) is 5.41. The quantitative estimate of drug-likeness (QED) is 0.567. The zero-order valence-electron chi connectivity index (χ0n) is 13.6. The zero-order valence-corrected chi connectivity index (χ0v) is 15.2. The molecular weight excluding hydrogens is 366 g/mol. The Morgan fingerprint density at radius 3 is 2.28 bits per heavy atom. The first-order valence-corrected chi connectivity index (χ1v) is 9.02. The number of carbonyl (C=O) groups excluding carboxylic acids is 2. The maximum Gasteiger partial charge on any atom is 0.338 e. The normalized spacial score (nSPS) is 11.4. The molecule has 6 nitrogen and oxygen atoms in total. The maximum atomic E-state index is 12.1. The van der Waals surface area contributed by atoms with Gasteiger partial charge in [-0.15, -0.1) is 0 Å². The third kappa shape index (κ3) is 4.66. The van der Waals surface area contributed by atoms with Gasteiger partial charge in [-0.3, -0.25) is 4.79 Å². The van der Waals surface area contributed by atoms with Crippen molar-refractivity contribution in [1.82, 2.24) is 4.31 Å². The van der Waals surface area contributed by atoms with Crippen molar-refractivity contribution >= 4 is 33.4 Å². The average molecular weight is 382 g/mol. The topological polar surface area (TPSA) is 80.8 Å². The highest BCUT2D eigenvalue weighted by molar-refractivity contribution is 7.89. The molecule has 8 heteroatoms. The summed E-state index contributed by atoms with van der Waals surface area (Å²) in [5, 5.41) is 0.493. The minimum Gasteiger partial charge on any atom is -0.454 e. The first-order valence-electron chi connectivity index (χ1n) is 7.20. The van der Waals surface area contributed by atoms with Crippen LogP contribution in [0.5, 0.6) is 0 Å². The fourth-order valence-corrected chi connectivity index (χ4v) is 3.00. The lowest BCUT2D eigenvalue weighted by Crippen LogP contribution is -2.22. The second kappa shape index (κ2) is 7.77. The van der Waals surface area contributed by atoms with E-state index in [0.29, 0.717) is 10.6 Å². The maximum absolute atomic E-state index is 12.1. The summed E-state index contributed by atoms with van der Waals surface area (Å²) in [6, 6.07) is 11.6. The van der Waals surface area contributed by atoms with Crippen LogP contribution in [0.15, 0.2) is 53.4 Å². The van der Waals surface area contributed by atoms with Crippen LogP contribution in [0.1, 0.15) is 20.7 Å². The first kappa shape index (κ1) is 19.1. The Balaban J connectivity index is 2.09. The van der Waals surface area contributed by atoms with E-state index in [0.717, 1.165) is 4.31 Å². The van der Waals surface area contributed by atoms with Gasteiger partial charge in [0, 0.05) is 24.7 Å². The van der Waals surface area contributed by atoms with Crippen molar-refractivity contribution in [3.63, 3.8) is 0 Å². The molecule has 2 aromatic carbocycles. The average Bonchev–Trinajstić information content (AvgIpc) is 2.60. The van der Waals surface area contributed by atoms with E-state index in [9.17, 15) is 18.0 Å². The summed E-state index contributed by atoms with van der Waals surface area (Å²) in [7, 11) is -0.877. The van der Waals surface area contributed by atoms with Gasteiger partial charge in [-0.1, -0.05) is 17.7 Å². The minimum absolute atomic E-state index is 0.0315. The molecule has 0 bridgehead atoms. The number of carbonyl (C=O) groups is 2. The molecule has 0 aliphatic carbocycles. The number of rotatable bonds is 6. The number of esters is 1. The van der Waals surface area contributed by atoms with Crippen LogP contribution in [0.3, 0.4) is 0 Å². The lowest BCUT2D eigenvalue weighted by atomic mass is 10.1. The smallest absolute Gasteiger partial charge is 0.338 e. The van der Waals surface area contributed by atoms with Gasteiger partial charge in [-0.25, -0.2) is 17.5 Å². The molecule has 0 atom stereocenters. The summed E-state index contributed by atoms with van der Waals surface area (Å²) < 4.78 is 30.2. The number of ether oxygens (including phenoxy) is 1. The highest BCUT2D eigenvalue weighted by atomic mass is 35.5. The van der Waals surface area contributed by atoms with Gasteiger partial charge < -0.3 is 4.74 Å². The SMILES string of the molecule is CN(C)S(=O)(=O)c1cccc(C(=O)OCC(=O)c2ccc(Cl)cc2)c1. The lowest BCUT2D eigenvalue weighted by molar-refractivity contribution is 0.0474. The van der Waals surface area contributed by atoms with Gasteiger partial charge in [0.2, 0.25) is 10.0 Å². The van der Waals surface area contributed by atoms with Crippen molar-refractivity contribution < 1.29 is 22.7 Å². The molecule has 0 aromatic heterocycles. The molecule has 0 heterocycles. The highest BCUT2D eigenvalue weighted by Crippen LogP contribution is 2.16. The fourth-order valence-electron chi connectivity index (χ4n) is 1.93. The molecule has 0 aliphatic heterocycles. The molecule has 0 fully saturated rings. The van der Waals surface area contributed by atoms with Crippen LogP contribution in [-0.4, -0.2) is 45.2 Å². The number of benzene rings is 2. The molecule has 132 valence electrons. The molecule has 0 radical (unpaired) electrons. The van der Waals surface area contributed by atoms with Crippen molar-refractivity contribution in [2.45, 2.75) is 4.90 Å². The largest absolute Gasteiger partial charge is 0.454 e. The van der Waals surface area contributed by atoms with Crippen LogP contribution in [0.4, 0.5) is 0 Å². The van der Waals surface area contributed by atoms with E-state index in [4.69, 9.17) is 16.3 Å². The number of hydrogen-bond acceptors (Lipinski definition) is 5. The molecule has 0 saturated heterocycles. The molecule has 0 amide bonds. The summed E-state index contributed by atoms with van der Waals surface area (Å²) in [5.74, 6) is -1.17. The van der Waals surface area contributed by atoms with E-state index >= 15 is 0 Å². The number of Topliss-reactive ketones (excluding diaryl/α,β-unsaturated/α-hetero) is 1. The Hall–Kier alpha value is -2.22. The standard InChI is InChI=1S/C17H16ClNO5S/c1-19(2)25(22,23)15-5-3-4-13(10-15)17(21)24-11-16(20)12-6-8-14(18)9-7-12/h3-10H,11H2,1-2H3. The Labute approximate surface area is 151 Å². The van der Waals surface area contributed by atoms with E-state index in [1.807, 2.05) is 0 Å². The van der Waals surface area contributed by atoms with E-state index < -0.39 is 22.6 Å². The Morgan fingerprint density at radius 2 is 1.68 bits per heavy atom. The minimum atomic E-state index is -3.67. The van der Waals surface area contributed by atoms with Crippen LogP contribution < -0.4 is 0 Å². The molecule has 0 aliphatic rings. The summed E-state index contributed by atoms with van der Waals surface area (Å²) in [4.78, 5) is 24.0. The van der Waals surface area contributed by atoms with Gasteiger partial charge in [0.25, 0.3) is 0 Å². The fraction of sp³-hybridized carbons (Fsp3) is 0.176. The lowest BCUT2D eigenvalue weighted by Gasteiger charge is -2.12. The molecule has 0 unspecified atom stereocenters. The van der Waals surface area contributed by atoms with E-state index in [2.05, 4.69) is 0 Å². The van der Waals surface area contributed by atoms with E-state index in [1.165, 1.54) is 50.5 Å². The molecule has 2 aromatic rings. The van der Waals surface area contributed by atoms with Crippen LogP contribution >= 0.6 is 11.6 Å². The molecule has 2 rings (SSSR count).